The van der Waals surface area contributed by atoms with E-state index < -0.39 is 0 Å². The van der Waals surface area contributed by atoms with Crippen molar-refractivity contribution in [3.63, 3.8) is 0 Å². The Morgan fingerprint density at radius 2 is 0.983 bits per heavy atom. The maximum absolute atomic E-state index is 2.68. The van der Waals surface area contributed by atoms with Crippen molar-refractivity contribution in [2.45, 2.75) is 89.9 Å². The molecule has 0 aromatic heterocycles. The maximum atomic E-state index is 2.68. The van der Waals surface area contributed by atoms with Gasteiger partial charge in [-0.15, -0.1) is 0 Å². The molecule has 290 valence electrons. The Kier molecular flexibility index (Phi) is 7.61. The molecule has 7 aromatic carbocycles. The number of hydrogen-bond donors (Lipinski definition) is 0. The second-order valence-corrected chi connectivity index (χ2v) is 20.0. The molecule has 0 atom stereocenters. The van der Waals surface area contributed by atoms with Gasteiger partial charge in [-0.3, -0.25) is 0 Å². The lowest BCUT2D eigenvalue weighted by atomic mass is 9.29. The van der Waals surface area contributed by atoms with Crippen LogP contribution in [0.15, 0.2) is 152 Å². The highest BCUT2D eigenvalue weighted by Crippen LogP contribution is 2.54. The third-order valence-corrected chi connectivity index (χ3v) is 15.0. The first kappa shape index (κ1) is 36.3. The number of nitrogens with zero attached hydrogens (tertiary/aromatic N) is 2. The minimum atomic E-state index is -0.218. The van der Waals surface area contributed by atoms with Gasteiger partial charge in [0.1, 0.15) is 0 Å². The van der Waals surface area contributed by atoms with Gasteiger partial charge < -0.3 is 9.80 Å². The maximum Gasteiger partial charge on any atom is 0.247 e. The van der Waals surface area contributed by atoms with Crippen LogP contribution in [0.3, 0.4) is 0 Å². The molecule has 0 bridgehead atoms. The second-order valence-electron chi connectivity index (χ2n) is 20.0. The lowest BCUT2D eigenvalue weighted by molar-refractivity contribution is 0.331. The molecule has 2 aliphatic carbocycles. The van der Waals surface area contributed by atoms with E-state index in [2.05, 4.69) is 217 Å². The van der Waals surface area contributed by atoms with Crippen LogP contribution in [0, 0.1) is 0 Å². The number of benzene rings is 7. The van der Waals surface area contributed by atoms with E-state index in [9.17, 15) is 0 Å². The Morgan fingerprint density at radius 1 is 0.424 bits per heavy atom. The summed E-state index contributed by atoms with van der Waals surface area (Å²) in [7, 11) is 0. The van der Waals surface area contributed by atoms with Crippen molar-refractivity contribution in [1.29, 1.82) is 0 Å². The number of fused-ring (bicyclic) bond motifs is 8. The Morgan fingerprint density at radius 3 is 1.63 bits per heavy atom. The van der Waals surface area contributed by atoms with E-state index in [-0.39, 0.29) is 28.4 Å². The fourth-order valence-electron chi connectivity index (χ4n) is 11.6. The van der Waals surface area contributed by atoms with E-state index in [0.29, 0.717) is 0 Å². The summed E-state index contributed by atoms with van der Waals surface area (Å²) in [6.45, 7) is 19.8. The highest BCUT2D eigenvalue weighted by atomic mass is 15.2. The van der Waals surface area contributed by atoms with Crippen molar-refractivity contribution in [3.05, 3.63) is 185 Å². The van der Waals surface area contributed by atoms with Crippen LogP contribution >= 0.6 is 0 Å². The van der Waals surface area contributed by atoms with Gasteiger partial charge in [0.15, 0.2) is 0 Å². The fraction of sp³-hybridized carbons (Fsp3) is 0.250. The average molecular weight is 765 g/mol. The molecular formula is C56H53BN2. The predicted octanol–water partition coefficient (Wildman–Crippen LogP) is 12.8. The zero-order valence-electron chi connectivity index (χ0n) is 35.8. The molecule has 0 N–H and O–H groups in total. The van der Waals surface area contributed by atoms with Gasteiger partial charge in [-0.05, 0) is 140 Å². The summed E-state index contributed by atoms with van der Waals surface area (Å²) >= 11 is 0. The Labute approximate surface area is 351 Å². The standard InChI is InChI=1S/C56H53BN2/c1-53(2)29-30-54(3,4)46-35-48-47(33-45(46)53)55(5,6)42-25-18-26-50-52(42)57(48)49-34-44-41(32-51(49)59(50)38-23-16-11-17-24-38)40-28-27-39(31-43(40)56(44,7)8)58(36-19-12-9-13-20-36)37-21-14-10-15-22-37/h9-28,31-35H,29-30H2,1-8H3. The second kappa shape index (κ2) is 12.4. The predicted molar refractivity (Wildman–Crippen MR) is 252 cm³/mol. The largest absolute Gasteiger partial charge is 0.311 e. The van der Waals surface area contributed by atoms with E-state index in [1.54, 1.807) is 11.1 Å². The Balaban J connectivity index is 1.17. The highest BCUT2D eigenvalue weighted by molar-refractivity contribution is 6.99. The van der Waals surface area contributed by atoms with Crippen molar-refractivity contribution in [1.82, 2.24) is 0 Å². The number of anilines is 6. The summed E-state index contributed by atoms with van der Waals surface area (Å²) in [6.07, 6.45) is 2.41. The normalized spacial score (nSPS) is 17.8. The molecule has 0 saturated carbocycles. The van der Waals surface area contributed by atoms with Gasteiger partial charge in [0.2, 0.25) is 6.71 Å². The van der Waals surface area contributed by atoms with Crippen molar-refractivity contribution >= 4 is 57.2 Å². The Bertz CT molecular complexity index is 2790. The summed E-state index contributed by atoms with van der Waals surface area (Å²) in [4.78, 5) is 4.97. The smallest absolute Gasteiger partial charge is 0.247 e. The summed E-state index contributed by atoms with van der Waals surface area (Å²) < 4.78 is 0. The molecule has 11 rings (SSSR count). The molecule has 59 heavy (non-hydrogen) atoms. The zero-order valence-corrected chi connectivity index (χ0v) is 35.8. The van der Waals surface area contributed by atoms with E-state index in [4.69, 9.17) is 0 Å². The first-order valence-electron chi connectivity index (χ1n) is 21.7. The zero-order chi connectivity index (χ0) is 40.6. The van der Waals surface area contributed by atoms with Gasteiger partial charge in [0, 0.05) is 45.0 Å². The summed E-state index contributed by atoms with van der Waals surface area (Å²) in [6, 6.07) is 57.4. The third kappa shape index (κ3) is 5.13. The van der Waals surface area contributed by atoms with Gasteiger partial charge in [0.05, 0.1) is 0 Å². The Hall–Kier alpha value is -5.80. The molecular weight excluding hydrogens is 711 g/mol. The fourth-order valence-corrected chi connectivity index (χ4v) is 11.6. The van der Waals surface area contributed by atoms with Crippen molar-refractivity contribution in [2.75, 3.05) is 9.80 Å². The molecule has 0 saturated heterocycles. The van der Waals surface area contributed by atoms with Crippen molar-refractivity contribution < 1.29 is 0 Å². The van der Waals surface area contributed by atoms with E-state index in [1.807, 2.05) is 0 Å². The number of para-hydroxylation sites is 3. The van der Waals surface area contributed by atoms with Crippen LogP contribution in [0.2, 0.25) is 0 Å². The van der Waals surface area contributed by atoms with Gasteiger partial charge in [-0.25, -0.2) is 0 Å². The SMILES string of the molecule is CC1(C)CCC(C)(C)c2cc3c(cc21)B1c2cc4c(cc2N(c2ccccc2)c2cccc(c21)C3(C)C)-c1ccc(N(c2ccccc2)c2ccccc2)cc1C4(C)C. The minimum absolute atomic E-state index is 0.115. The van der Waals surface area contributed by atoms with Gasteiger partial charge in [0.25, 0.3) is 0 Å². The number of rotatable bonds is 4. The lowest BCUT2D eigenvalue weighted by Crippen LogP contribution is -2.64. The molecule has 7 aromatic rings. The third-order valence-electron chi connectivity index (χ3n) is 15.0. The van der Waals surface area contributed by atoms with Crippen LogP contribution in [0.5, 0.6) is 0 Å². The molecule has 3 heteroatoms. The van der Waals surface area contributed by atoms with Gasteiger partial charge in [-0.1, -0.05) is 152 Å². The molecule has 0 spiro atoms. The summed E-state index contributed by atoms with van der Waals surface area (Å²) in [5.41, 5.74) is 23.0. The first-order chi connectivity index (χ1) is 28.3. The summed E-state index contributed by atoms with van der Waals surface area (Å²) in [5, 5.41) is 0. The topological polar surface area (TPSA) is 6.48 Å². The van der Waals surface area contributed by atoms with Crippen LogP contribution in [0.1, 0.15) is 102 Å². The van der Waals surface area contributed by atoms with Crippen LogP contribution in [-0.4, -0.2) is 6.71 Å². The monoisotopic (exact) mass is 764 g/mol. The lowest BCUT2D eigenvalue weighted by Gasteiger charge is -2.48. The molecule has 4 aliphatic rings. The van der Waals surface area contributed by atoms with E-state index >= 15 is 0 Å². The van der Waals surface area contributed by atoms with Crippen LogP contribution in [0.25, 0.3) is 11.1 Å². The van der Waals surface area contributed by atoms with E-state index in [0.717, 1.165) is 11.4 Å². The van der Waals surface area contributed by atoms with Crippen molar-refractivity contribution in [3.8, 4) is 11.1 Å². The van der Waals surface area contributed by atoms with E-state index in [1.165, 1.54) is 85.4 Å². The highest BCUT2D eigenvalue weighted by Gasteiger charge is 2.49. The first-order valence-corrected chi connectivity index (χ1v) is 21.7. The molecule has 2 nitrogen and oxygen atoms in total. The molecule has 0 radical (unpaired) electrons. The summed E-state index contributed by atoms with van der Waals surface area (Å²) in [5.74, 6) is 0. The minimum Gasteiger partial charge on any atom is -0.311 e. The van der Waals surface area contributed by atoms with Crippen LogP contribution < -0.4 is 26.2 Å². The molecule has 0 amide bonds. The quantitative estimate of drug-likeness (QED) is 0.165. The van der Waals surface area contributed by atoms with Crippen LogP contribution in [0.4, 0.5) is 34.1 Å². The van der Waals surface area contributed by atoms with Gasteiger partial charge in [-0.2, -0.15) is 0 Å². The number of hydrogen-bond acceptors (Lipinski definition) is 2. The molecule has 2 heterocycles. The average Bonchev–Trinajstić information content (AvgIpc) is 3.45. The van der Waals surface area contributed by atoms with Gasteiger partial charge >= 0.3 is 0 Å². The molecule has 0 fully saturated rings. The van der Waals surface area contributed by atoms with Crippen LogP contribution in [-0.2, 0) is 21.7 Å². The van der Waals surface area contributed by atoms with Crippen molar-refractivity contribution in [2.24, 2.45) is 0 Å². The molecule has 2 aliphatic heterocycles. The molecule has 0 unspecified atom stereocenters.